The smallest absolute Gasteiger partial charge is 0.227 e. The van der Waals surface area contributed by atoms with E-state index in [1.165, 1.54) is 18.4 Å². The Bertz CT molecular complexity index is 957. The first-order valence-electron chi connectivity index (χ1n) is 9.84. The summed E-state index contributed by atoms with van der Waals surface area (Å²) < 4.78 is 23.1. The topological polar surface area (TPSA) is 86.7 Å². The number of nitrogens with one attached hydrogen (secondary N) is 1. The molecule has 1 aliphatic rings. The first-order valence-corrected chi connectivity index (χ1v) is 11.7. The quantitative estimate of drug-likeness (QED) is 0.722. The van der Waals surface area contributed by atoms with Crippen molar-refractivity contribution in [2.45, 2.75) is 36.7 Å². The fourth-order valence-electron chi connectivity index (χ4n) is 3.62. The average Bonchev–Trinajstić information content (AvgIpc) is 3.13. The molecule has 2 N–H and O–H groups in total. The van der Waals surface area contributed by atoms with E-state index in [-0.39, 0.29) is 22.8 Å². The molecule has 6 nitrogen and oxygen atoms in total. The van der Waals surface area contributed by atoms with Crippen molar-refractivity contribution in [2.75, 3.05) is 30.8 Å². The Morgan fingerprint density at radius 3 is 2.52 bits per heavy atom. The van der Waals surface area contributed by atoms with Crippen molar-refractivity contribution in [2.24, 2.45) is 0 Å². The van der Waals surface area contributed by atoms with Crippen molar-refractivity contribution < 1.29 is 18.3 Å². The third-order valence-corrected chi connectivity index (χ3v) is 6.52. The van der Waals surface area contributed by atoms with Crippen molar-refractivity contribution in [3.05, 3.63) is 59.7 Å². The molecule has 1 heterocycles. The number of carbonyl (C=O) groups excluding carboxylic acids is 1. The van der Waals surface area contributed by atoms with Gasteiger partial charge in [0.25, 0.3) is 0 Å². The van der Waals surface area contributed by atoms with E-state index in [1.54, 1.807) is 12.1 Å². The van der Waals surface area contributed by atoms with Gasteiger partial charge in [-0.05, 0) is 49.1 Å². The fourth-order valence-corrected chi connectivity index (χ4v) is 4.25. The lowest BCUT2D eigenvalue weighted by Crippen LogP contribution is -2.30. The lowest BCUT2D eigenvalue weighted by molar-refractivity contribution is -0.122. The molecule has 1 saturated heterocycles. The summed E-state index contributed by atoms with van der Waals surface area (Å²) in [6.45, 7) is 3.80. The highest BCUT2D eigenvalue weighted by molar-refractivity contribution is 7.90. The lowest BCUT2D eigenvalue weighted by atomic mass is 10.0. The summed E-state index contributed by atoms with van der Waals surface area (Å²) in [5.41, 5.74) is 3.04. The third kappa shape index (κ3) is 5.36. The molecule has 0 bridgehead atoms. The van der Waals surface area contributed by atoms with Gasteiger partial charge < -0.3 is 15.3 Å². The molecule has 156 valence electrons. The summed E-state index contributed by atoms with van der Waals surface area (Å²) in [7, 11) is -3.25. The Hall–Kier alpha value is -2.38. The van der Waals surface area contributed by atoms with Gasteiger partial charge in [-0.3, -0.25) is 4.79 Å². The van der Waals surface area contributed by atoms with E-state index in [9.17, 15) is 18.3 Å². The second kappa shape index (κ2) is 8.97. The predicted octanol–water partition coefficient (Wildman–Crippen LogP) is 2.12. The summed E-state index contributed by atoms with van der Waals surface area (Å²) in [4.78, 5) is 15.0. The molecular weight excluding hydrogens is 388 g/mol. The zero-order valence-electron chi connectivity index (χ0n) is 16.8. The zero-order valence-corrected chi connectivity index (χ0v) is 17.7. The van der Waals surface area contributed by atoms with Crippen LogP contribution in [0.4, 0.5) is 5.69 Å². The van der Waals surface area contributed by atoms with Gasteiger partial charge in [-0.1, -0.05) is 30.3 Å². The van der Waals surface area contributed by atoms with E-state index in [0.29, 0.717) is 19.5 Å². The van der Waals surface area contributed by atoms with Crippen molar-refractivity contribution >= 4 is 21.4 Å². The normalized spacial score (nSPS) is 17.9. The number of benzene rings is 2. The lowest BCUT2D eigenvalue weighted by Gasteiger charge is -2.22. The number of amides is 1. The van der Waals surface area contributed by atoms with Gasteiger partial charge in [0, 0.05) is 31.6 Å². The van der Waals surface area contributed by atoms with Crippen LogP contribution in [-0.4, -0.2) is 51.4 Å². The second-order valence-electron chi connectivity index (χ2n) is 7.62. The molecule has 0 radical (unpaired) electrons. The van der Waals surface area contributed by atoms with Crippen LogP contribution < -0.4 is 10.2 Å². The van der Waals surface area contributed by atoms with Crippen LogP contribution in [0.5, 0.6) is 0 Å². The minimum Gasteiger partial charge on any atom is -0.391 e. The van der Waals surface area contributed by atoms with Gasteiger partial charge in [-0.15, -0.1) is 0 Å². The molecule has 0 spiro atoms. The molecular formula is C22H28N2O4S. The monoisotopic (exact) mass is 416 g/mol. The fraction of sp³-hybridized carbons (Fsp3) is 0.409. The van der Waals surface area contributed by atoms with E-state index in [4.69, 9.17) is 0 Å². The van der Waals surface area contributed by atoms with E-state index in [2.05, 4.69) is 22.3 Å². The maximum Gasteiger partial charge on any atom is 0.227 e. The van der Waals surface area contributed by atoms with E-state index < -0.39 is 9.84 Å². The van der Waals surface area contributed by atoms with Crippen LogP contribution in [0, 0.1) is 0 Å². The van der Waals surface area contributed by atoms with Gasteiger partial charge in [-0.25, -0.2) is 8.42 Å². The number of carbonyl (C=O) groups is 1. The standard InChI is InChI=1S/C22H28N2O4S/c1-16(17-7-9-20(10-8-17)29(2,27)28)22(26)23-13-11-18-5-3-4-6-21(18)24-14-12-19(25)15-24/h3-10,16,19,25H,11-15H2,1-2H3,(H,23,26). The maximum absolute atomic E-state index is 12.5. The number of hydrogen-bond acceptors (Lipinski definition) is 5. The predicted molar refractivity (Wildman–Crippen MR) is 114 cm³/mol. The minimum absolute atomic E-state index is 0.0915. The minimum atomic E-state index is -3.25. The van der Waals surface area contributed by atoms with Gasteiger partial charge >= 0.3 is 0 Å². The van der Waals surface area contributed by atoms with Crippen LogP contribution in [0.1, 0.15) is 30.4 Å². The molecule has 29 heavy (non-hydrogen) atoms. The van der Waals surface area contributed by atoms with Gasteiger partial charge in [0.2, 0.25) is 5.91 Å². The summed E-state index contributed by atoms with van der Waals surface area (Å²) in [5.74, 6) is -0.459. The molecule has 2 atom stereocenters. The molecule has 0 aliphatic carbocycles. The number of para-hydroxylation sites is 1. The van der Waals surface area contributed by atoms with E-state index >= 15 is 0 Å². The first kappa shape index (κ1) is 21.3. The van der Waals surface area contributed by atoms with Crippen LogP contribution >= 0.6 is 0 Å². The molecule has 1 amide bonds. The molecule has 0 aromatic heterocycles. The molecule has 7 heteroatoms. The van der Waals surface area contributed by atoms with Gasteiger partial charge in [0.1, 0.15) is 0 Å². The maximum atomic E-state index is 12.5. The van der Waals surface area contributed by atoms with Crippen LogP contribution in [-0.2, 0) is 21.1 Å². The molecule has 1 aliphatic heterocycles. The van der Waals surface area contributed by atoms with Crippen LogP contribution in [0.3, 0.4) is 0 Å². The molecule has 2 aromatic rings. The Balaban J connectivity index is 1.57. The Morgan fingerprint density at radius 2 is 1.90 bits per heavy atom. The summed E-state index contributed by atoms with van der Waals surface area (Å²) in [6, 6.07) is 14.5. The number of rotatable bonds is 7. The summed E-state index contributed by atoms with van der Waals surface area (Å²) in [6.07, 6.45) is 2.37. The largest absolute Gasteiger partial charge is 0.391 e. The number of hydrogen-bond donors (Lipinski definition) is 2. The Labute approximate surface area is 172 Å². The Morgan fingerprint density at radius 1 is 1.21 bits per heavy atom. The average molecular weight is 417 g/mol. The van der Waals surface area contributed by atoms with Crippen LogP contribution in [0.2, 0.25) is 0 Å². The molecule has 2 aromatic carbocycles. The van der Waals surface area contributed by atoms with Crippen LogP contribution in [0.25, 0.3) is 0 Å². The zero-order chi connectivity index (χ0) is 21.0. The molecule has 1 fully saturated rings. The number of β-amino-alcohol motifs (C(OH)–C–C–N with tert-alkyl or cyclic N) is 1. The first-order chi connectivity index (χ1) is 13.8. The highest BCUT2D eigenvalue weighted by Gasteiger charge is 2.22. The van der Waals surface area contributed by atoms with Crippen molar-refractivity contribution in [3.8, 4) is 0 Å². The van der Waals surface area contributed by atoms with E-state index in [1.807, 2.05) is 19.1 Å². The van der Waals surface area contributed by atoms with Gasteiger partial charge in [-0.2, -0.15) is 0 Å². The van der Waals surface area contributed by atoms with Crippen molar-refractivity contribution in [1.82, 2.24) is 5.32 Å². The Kier molecular flexibility index (Phi) is 6.59. The number of sulfone groups is 1. The molecule has 0 saturated carbocycles. The number of nitrogens with zero attached hydrogens (tertiary/aromatic N) is 1. The molecule has 3 rings (SSSR count). The summed E-state index contributed by atoms with van der Waals surface area (Å²) in [5, 5.41) is 12.8. The van der Waals surface area contributed by atoms with Crippen molar-refractivity contribution in [3.63, 3.8) is 0 Å². The SMILES string of the molecule is CC(C(=O)NCCc1ccccc1N1CCC(O)C1)c1ccc(S(C)(=O)=O)cc1. The second-order valence-corrected chi connectivity index (χ2v) is 9.64. The van der Waals surface area contributed by atoms with E-state index in [0.717, 1.165) is 29.8 Å². The van der Waals surface area contributed by atoms with Gasteiger partial charge in [0.05, 0.1) is 16.9 Å². The number of aliphatic hydroxyl groups excluding tert-OH is 1. The van der Waals surface area contributed by atoms with Crippen molar-refractivity contribution in [1.29, 1.82) is 0 Å². The highest BCUT2D eigenvalue weighted by Crippen LogP contribution is 2.25. The number of aliphatic hydroxyl groups is 1. The summed E-state index contributed by atoms with van der Waals surface area (Å²) >= 11 is 0. The molecule has 2 unspecified atom stereocenters. The van der Waals surface area contributed by atoms with Gasteiger partial charge in [0.15, 0.2) is 9.84 Å². The van der Waals surface area contributed by atoms with Crippen LogP contribution in [0.15, 0.2) is 53.4 Å². The highest BCUT2D eigenvalue weighted by atomic mass is 32.2. The third-order valence-electron chi connectivity index (χ3n) is 5.39. The number of anilines is 1.